The number of hydrogen-bond donors (Lipinski definition) is 2. The van der Waals surface area contributed by atoms with Crippen LogP contribution in [0.1, 0.15) is 18.4 Å². The Kier molecular flexibility index (Phi) is 2.25. The van der Waals surface area contributed by atoms with Crippen molar-refractivity contribution in [2.75, 3.05) is 6.54 Å². The lowest BCUT2D eigenvalue weighted by molar-refractivity contribution is -0.128. The molecule has 14 heavy (non-hydrogen) atoms. The first-order chi connectivity index (χ1) is 6.73. The molecule has 1 heterocycles. The zero-order valence-electron chi connectivity index (χ0n) is 7.99. The van der Waals surface area contributed by atoms with Crippen LogP contribution < -0.4 is 11.1 Å². The molecule has 0 saturated carbocycles. The van der Waals surface area contributed by atoms with Gasteiger partial charge in [-0.1, -0.05) is 30.3 Å². The van der Waals surface area contributed by atoms with E-state index in [1.165, 1.54) is 0 Å². The molecule has 1 aliphatic rings. The number of hydrogen-bond acceptors (Lipinski definition) is 2. The Hall–Kier alpha value is -1.35. The third-order valence-corrected chi connectivity index (χ3v) is 2.73. The molecule has 0 radical (unpaired) electrons. The molecule has 0 aromatic heterocycles. The fraction of sp³-hybridized carbons (Fsp3) is 0.364. The largest absolute Gasteiger partial charge is 0.354 e. The van der Waals surface area contributed by atoms with Crippen molar-refractivity contribution in [2.24, 2.45) is 5.73 Å². The summed E-state index contributed by atoms with van der Waals surface area (Å²) in [5.41, 5.74) is 6.19. The van der Waals surface area contributed by atoms with Crippen molar-refractivity contribution in [2.45, 2.75) is 18.4 Å². The molecule has 0 bridgehead atoms. The summed E-state index contributed by atoms with van der Waals surface area (Å²) in [7, 11) is 0. The van der Waals surface area contributed by atoms with Gasteiger partial charge in [0.1, 0.15) is 5.54 Å². The number of carbonyl (C=O) groups excluding carboxylic acids is 1. The van der Waals surface area contributed by atoms with Crippen LogP contribution in [0.25, 0.3) is 0 Å². The second-order valence-electron chi connectivity index (χ2n) is 3.70. The average molecular weight is 190 g/mol. The third kappa shape index (κ3) is 1.40. The molecular weight excluding hydrogens is 176 g/mol. The monoisotopic (exact) mass is 190 g/mol. The lowest BCUT2D eigenvalue weighted by atomic mass is 9.83. The van der Waals surface area contributed by atoms with Crippen LogP contribution in [-0.2, 0) is 10.3 Å². The molecule has 1 saturated heterocycles. The number of rotatable bonds is 1. The minimum absolute atomic E-state index is 0.0602. The zero-order chi connectivity index (χ0) is 10.0. The molecule has 1 fully saturated rings. The number of carbonyl (C=O) groups is 1. The Morgan fingerprint density at radius 1 is 1.29 bits per heavy atom. The highest BCUT2D eigenvalue weighted by molar-refractivity contribution is 5.88. The van der Waals surface area contributed by atoms with E-state index < -0.39 is 5.54 Å². The highest BCUT2D eigenvalue weighted by Crippen LogP contribution is 2.26. The molecular formula is C11H14N2O. The molecule has 3 heteroatoms. The maximum atomic E-state index is 11.7. The molecule has 74 valence electrons. The van der Waals surface area contributed by atoms with Crippen LogP contribution >= 0.6 is 0 Å². The predicted octanol–water partition coefficient (Wildman–Crippen LogP) is 0.751. The number of benzene rings is 1. The molecule has 2 rings (SSSR count). The Bertz CT molecular complexity index is 336. The van der Waals surface area contributed by atoms with E-state index >= 15 is 0 Å². The number of amides is 1. The fourth-order valence-electron chi connectivity index (χ4n) is 1.85. The van der Waals surface area contributed by atoms with Gasteiger partial charge in [0.05, 0.1) is 0 Å². The summed E-state index contributed by atoms with van der Waals surface area (Å²) in [5, 5.41) is 2.81. The lowest BCUT2D eigenvalue weighted by Crippen LogP contribution is -2.54. The Labute approximate surface area is 83.3 Å². The Morgan fingerprint density at radius 2 is 2.00 bits per heavy atom. The van der Waals surface area contributed by atoms with Gasteiger partial charge >= 0.3 is 0 Å². The van der Waals surface area contributed by atoms with Crippen LogP contribution in [0.2, 0.25) is 0 Å². The van der Waals surface area contributed by atoms with E-state index in [1.807, 2.05) is 30.3 Å². The van der Waals surface area contributed by atoms with E-state index in [2.05, 4.69) is 5.32 Å². The molecule has 1 aromatic rings. The van der Waals surface area contributed by atoms with Gasteiger partial charge in [-0.15, -0.1) is 0 Å². The lowest BCUT2D eigenvalue weighted by Gasteiger charge is -2.32. The first-order valence-corrected chi connectivity index (χ1v) is 4.86. The van der Waals surface area contributed by atoms with Crippen LogP contribution in [0.4, 0.5) is 0 Å². The highest BCUT2D eigenvalue weighted by atomic mass is 16.2. The molecule has 0 unspecified atom stereocenters. The van der Waals surface area contributed by atoms with Crippen LogP contribution in [0, 0.1) is 0 Å². The summed E-state index contributed by atoms with van der Waals surface area (Å²) in [6, 6.07) is 9.56. The zero-order valence-corrected chi connectivity index (χ0v) is 7.99. The molecule has 0 spiro atoms. The molecule has 1 aromatic carbocycles. The van der Waals surface area contributed by atoms with Gasteiger partial charge in [0.2, 0.25) is 5.91 Å². The SMILES string of the molecule is N[C@]1(c2ccccc2)CCCNC1=O. The normalized spacial score (nSPS) is 27.1. The summed E-state index contributed by atoms with van der Waals surface area (Å²) in [5.74, 6) is -0.0602. The summed E-state index contributed by atoms with van der Waals surface area (Å²) in [6.45, 7) is 0.741. The van der Waals surface area contributed by atoms with Crippen molar-refractivity contribution in [3.05, 3.63) is 35.9 Å². The van der Waals surface area contributed by atoms with Crippen molar-refractivity contribution in [3.8, 4) is 0 Å². The summed E-state index contributed by atoms with van der Waals surface area (Å²) in [4.78, 5) is 11.7. The van der Waals surface area contributed by atoms with Gasteiger partial charge < -0.3 is 11.1 Å². The fourth-order valence-corrected chi connectivity index (χ4v) is 1.85. The highest BCUT2D eigenvalue weighted by Gasteiger charge is 2.37. The van der Waals surface area contributed by atoms with E-state index in [-0.39, 0.29) is 5.91 Å². The minimum atomic E-state index is -0.820. The number of nitrogens with one attached hydrogen (secondary N) is 1. The van der Waals surface area contributed by atoms with Gasteiger partial charge in [0.15, 0.2) is 0 Å². The number of piperidine rings is 1. The molecule has 0 aliphatic carbocycles. The molecule has 1 aliphatic heterocycles. The molecule has 3 N–H and O–H groups in total. The van der Waals surface area contributed by atoms with E-state index in [9.17, 15) is 4.79 Å². The van der Waals surface area contributed by atoms with Gasteiger partial charge in [-0.2, -0.15) is 0 Å². The minimum Gasteiger partial charge on any atom is -0.354 e. The van der Waals surface area contributed by atoms with Gasteiger partial charge in [-0.05, 0) is 18.4 Å². The van der Waals surface area contributed by atoms with E-state index in [0.717, 1.165) is 24.9 Å². The summed E-state index contributed by atoms with van der Waals surface area (Å²) in [6.07, 6.45) is 1.67. The van der Waals surface area contributed by atoms with E-state index in [4.69, 9.17) is 5.73 Å². The molecule has 3 nitrogen and oxygen atoms in total. The molecule has 1 atom stereocenters. The smallest absolute Gasteiger partial charge is 0.244 e. The van der Waals surface area contributed by atoms with Gasteiger partial charge in [-0.25, -0.2) is 0 Å². The van der Waals surface area contributed by atoms with Gasteiger partial charge in [0, 0.05) is 6.54 Å². The quantitative estimate of drug-likeness (QED) is 0.686. The topological polar surface area (TPSA) is 55.1 Å². The first-order valence-electron chi connectivity index (χ1n) is 4.86. The standard InChI is InChI=1S/C11H14N2O/c12-11(7-4-8-13-10(11)14)9-5-2-1-3-6-9/h1-3,5-6H,4,7-8,12H2,(H,13,14)/t11-/m0/s1. The van der Waals surface area contributed by atoms with E-state index in [0.29, 0.717) is 0 Å². The Balaban J connectivity index is 2.35. The van der Waals surface area contributed by atoms with Crippen LogP contribution in [0.5, 0.6) is 0 Å². The van der Waals surface area contributed by atoms with Gasteiger partial charge in [-0.3, -0.25) is 4.79 Å². The third-order valence-electron chi connectivity index (χ3n) is 2.73. The summed E-state index contributed by atoms with van der Waals surface area (Å²) >= 11 is 0. The van der Waals surface area contributed by atoms with Crippen molar-refractivity contribution < 1.29 is 4.79 Å². The predicted molar refractivity (Wildman–Crippen MR) is 54.6 cm³/mol. The second kappa shape index (κ2) is 3.42. The van der Waals surface area contributed by atoms with Crippen LogP contribution in [-0.4, -0.2) is 12.5 Å². The van der Waals surface area contributed by atoms with Crippen molar-refractivity contribution in [1.29, 1.82) is 0 Å². The van der Waals surface area contributed by atoms with E-state index in [1.54, 1.807) is 0 Å². The Morgan fingerprint density at radius 3 is 2.64 bits per heavy atom. The van der Waals surface area contributed by atoms with Crippen molar-refractivity contribution in [3.63, 3.8) is 0 Å². The molecule has 1 amide bonds. The summed E-state index contributed by atoms with van der Waals surface area (Å²) < 4.78 is 0. The second-order valence-corrected chi connectivity index (χ2v) is 3.70. The van der Waals surface area contributed by atoms with Crippen LogP contribution in [0.15, 0.2) is 30.3 Å². The maximum Gasteiger partial charge on any atom is 0.244 e. The van der Waals surface area contributed by atoms with Gasteiger partial charge in [0.25, 0.3) is 0 Å². The van der Waals surface area contributed by atoms with Crippen LogP contribution in [0.3, 0.4) is 0 Å². The average Bonchev–Trinajstić information content (AvgIpc) is 2.24. The number of nitrogens with two attached hydrogens (primary N) is 1. The maximum absolute atomic E-state index is 11.7. The van der Waals surface area contributed by atoms with Crippen molar-refractivity contribution >= 4 is 5.91 Å². The van der Waals surface area contributed by atoms with Crippen molar-refractivity contribution in [1.82, 2.24) is 5.32 Å². The first kappa shape index (κ1) is 9.21.